The third-order valence-electron chi connectivity index (χ3n) is 2.19. The molecule has 0 aliphatic carbocycles. The lowest BCUT2D eigenvalue weighted by Crippen LogP contribution is -2.46. The zero-order valence-corrected chi connectivity index (χ0v) is 9.40. The molecule has 0 unspecified atom stereocenters. The van der Waals surface area contributed by atoms with Crippen LogP contribution in [-0.4, -0.2) is 18.3 Å². The topological polar surface area (TPSA) is 29.5 Å². The van der Waals surface area contributed by atoms with Gasteiger partial charge in [0.2, 0.25) is 0 Å². The maximum atomic E-state index is 13.1. The summed E-state index contributed by atoms with van der Waals surface area (Å²) in [7, 11) is 0. The van der Waals surface area contributed by atoms with E-state index in [0.717, 1.165) is 0 Å². The van der Waals surface area contributed by atoms with Gasteiger partial charge in [0, 0.05) is 10.0 Å². The Labute approximate surface area is 93.8 Å². The van der Waals surface area contributed by atoms with Crippen molar-refractivity contribution in [2.45, 2.75) is 5.60 Å². The van der Waals surface area contributed by atoms with Crippen molar-refractivity contribution in [2.75, 3.05) is 13.2 Å². The summed E-state index contributed by atoms with van der Waals surface area (Å²) in [6, 6.07) is 2.66. The molecule has 0 spiro atoms. The van der Waals surface area contributed by atoms with Gasteiger partial charge in [-0.25, -0.2) is 4.39 Å². The SMILES string of the molecule is OC1(c2cc(F)c(Cl)cc2Br)COC1. The fourth-order valence-corrected chi connectivity index (χ4v) is 2.34. The minimum atomic E-state index is -1.08. The van der Waals surface area contributed by atoms with Gasteiger partial charge in [-0.2, -0.15) is 0 Å². The Bertz CT molecular complexity index is 379. The molecule has 1 aliphatic rings. The average Bonchev–Trinajstić information content (AvgIpc) is 2.07. The highest BCUT2D eigenvalue weighted by molar-refractivity contribution is 9.10. The van der Waals surface area contributed by atoms with Gasteiger partial charge in [-0.05, 0) is 12.1 Å². The minimum absolute atomic E-state index is 0.0319. The van der Waals surface area contributed by atoms with Crippen LogP contribution in [0.1, 0.15) is 5.56 Å². The number of aliphatic hydroxyl groups is 1. The van der Waals surface area contributed by atoms with E-state index in [4.69, 9.17) is 16.3 Å². The largest absolute Gasteiger partial charge is 0.380 e. The molecule has 1 N–H and O–H groups in total. The zero-order valence-electron chi connectivity index (χ0n) is 7.06. The summed E-state index contributed by atoms with van der Waals surface area (Å²) in [6.07, 6.45) is 0. The second-order valence-corrected chi connectivity index (χ2v) is 4.53. The first kappa shape index (κ1) is 10.4. The predicted octanol–water partition coefficient (Wildman–Crippen LogP) is 2.46. The van der Waals surface area contributed by atoms with Crippen LogP contribution in [0.5, 0.6) is 0 Å². The van der Waals surface area contributed by atoms with Gasteiger partial charge >= 0.3 is 0 Å². The van der Waals surface area contributed by atoms with Gasteiger partial charge in [-0.3, -0.25) is 0 Å². The molecule has 0 saturated carbocycles. The Morgan fingerprint density at radius 2 is 2.14 bits per heavy atom. The Kier molecular flexibility index (Phi) is 2.55. The molecule has 0 amide bonds. The zero-order chi connectivity index (χ0) is 10.3. The molecule has 0 radical (unpaired) electrons. The van der Waals surface area contributed by atoms with E-state index in [1.165, 1.54) is 12.1 Å². The van der Waals surface area contributed by atoms with Crippen LogP contribution < -0.4 is 0 Å². The molecule has 1 heterocycles. The molecule has 76 valence electrons. The predicted molar refractivity (Wildman–Crippen MR) is 53.8 cm³/mol. The molecule has 1 aromatic carbocycles. The molecule has 5 heteroatoms. The van der Waals surface area contributed by atoms with Crippen LogP contribution in [0.2, 0.25) is 5.02 Å². The van der Waals surface area contributed by atoms with Crippen LogP contribution in [0.15, 0.2) is 16.6 Å². The lowest BCUT2D eigenvalue weighted by atomic mass is 9.92. The standard InChI is InChI=1S/C9H7BrClFO2/c10-6-2-7(11)8(12)1-5(6)9(13)3-14-4-9/h1-2,13H,3-4H2. The van der Waals surface area contributed by atoms with E-state index < -0.39 is 11.4 Å². The molecule has 0 aromatic heterocycles. The van der Waals surface area contributed by atoms with Crippen molar-refractivity contribution in [1.29, 1.82) is 0 Å². The first-order valence-corrected chi connectivity index (χ1v) is 5.15. The fourth-order valence-electron chi connectivity index (χ4n) is 1.33. The van der Waals surface area contributed by atoms with Gasteiger partial charge in [0.15, 0.2) is 0 Å². The van der Waals surface area contributed by atoms with Crippen LogP contribution in [0.25, 0.3) is 0 Å². The second-order valence-electron chi connectivity index (χ2n) is 3.27. The van der Waals surface area contributed by atoms with Crippen LogP contribution in [0.4, 0.5) is 4.39 Å². The number of rotatable bonds is 1. The molecule has 1 aromatic rings. The molecule has 1 fully saturated rings. The summed E-state index contributed by atoms with van der Waals surface area (Å²) in [5.41, 5.74) is -0.602. The molecular weight excluding hydrogens is 274 g/mol. The summed E-state index contributed by atoms with van der Waals surface area (Å²) in [4.78, 5) is 0. The molecule has 1 saturated heterocycles. The van der Waals surface area contributed by atoms with E-state index in [0.29, 0.717) is 10.0 Å². The molecule has 0 atom stereocenters. The summed E-state index contributed by atoms with van der Waals surface area (Å²) in [6.45, 7) is 0.374. The van der Waals surface area contributed by atoms with Gasteiger partial charge in [-0.15, -0.1) is 0 Å². The minimum Gasteiger partial charge on any atom is -0.380 e. The summed E-state index contributed by atoms with van der Waals surface area (Å²) < 4.78 is 18.6. The van der Waals surface area contributed by atoms with Gasteiger partial charge in [0.1, 0.15) is 11.4 Å². The fraction of sp³-hybridized carbons (Fsp3) is 0.333. The van der Waals surface area contributed by atoms with Crippen LogP contribution in [0, 0.1) is 5.82 Å². The van der Waals surface area contributed by atoms with E-state index in [9.17, 15) is 9.50 Å². The normalized spacial score (nSPS) is 19.1. The molecule has 0 bridgehead atoms. The second kappa shape index (κ2) is 3.45. The lowest BCUT2D eigenvalue weighted by molar-refractivity contribution is -0.185. The number of hydrogen-bond acceptors (Lipinski definition) is 2. The van der Waals surface area contributed by atoms with Crippen molar-refractivity contribution >= 4 is 27.5 Å². The Morgan fingerprint density at radius 3 is 2.64 bits per heavy atom. The van der Waals surface area contributed by atoms with Crippen molar-refractivity contribution in [1.82, 2.24) is 0 Å². The Balaban J connectivity index is 2.48. The highest BCUT2D eigenvalue weighted by Crippen LogP contribution is 2.36. The van der Waals surface area contributed by atoms with E-state index in [1.807, 2.05) is 0 Å². The highest BCUT2D eigenvalue weighted by Gasteiger charge is 2.39. The number of hydrogen-bond donors (Lipinski definition) is 1. The number of halogens is 3. The van der Waals surface area contributed by atoms with Crippen molar-refractivity contribution in [2.24, 2.45) is 0 Å². The molecule has 1 aliphatic heterocycles. The Morgan fingerprint density at radius 1 is 1.50 bits per heavy atom. The smallest absolute Gasteiger partial charge is 0.142 e. The maximum absolute atomic E-state index is 13.1. The van der Waals surface area contributed by atoms with Gasteiger partial charge in [-0.1, -0.05) is 27.5 Å². The first-order chi connectivity index (χ1) is 6.53. The lowest BCUT2D eigenvalue weighted by Gasteiger charge is -2.37. The highest BCUT2D eigenvalue weighted by atomic mass is 79.9. The van der Waals surface area contributed by atoms with E-state index >= 15 is 0 Å². The number of benzene rings is 1. The van der Waals surface area contributed by atoms with Crippen molar-refractivity contribution < 1.29 is 14.2 Å². The summed E-state index contributed by atoms with van der Waals surface area (Å²) in [5.74, 6) is -0.537. The van der Waals surface area contributed by atoms with Crippen molar-refractivity contribution in [3.8, 4) is 0 Å². The van der Waals surface area contributed by atoms with Crippen LogP contribution >= 0.6 is 27.5 Å². The van der Waals surface area contributed by atoms with Gasteiger partial charge in [0.05, 0.1) is 18.2 Å². The molecule has 14 heavy (non-hydrogen) atoms. The molecule has 2 rings (SSSR count). The van der Waals surface area contributed by atoms with Crippen molar-refractivity contribution in [3.63, 3.8) is 0 Å². The van der Waals surface area contributed by atoms with Crippen molar-refractivity contribution in [3.05, 3.63) is 33.0 Å². The third-order valence-corrected chi connectivity index (χ3v) is 3.14. The monoisotopic (exact) mass is 280 g/mol. The number of ether oxygens (including phenoxy) is 1. The quantitative estimate of drug-likeness (QED) is 0.801. The first-order valence-electron chi connectivity index (χ1n) is 3.98. The van der Waals surface area contributed by atoms with Crippen LogP contribution in [0.3, 0.4) is 0 Å². The average molecular weight is 282 g/mol. The van der Waals surface area contributed by atoms with E-state index in [1.54, 1.807) is 0 Å². The van der Waals surface area contributed by atoms with Gasteiger partial charge < -0.3 is 9.84 Å². The summed E-state index contributed by atoms with van der Waals surface area (Å²) >= 11 is 8.80. The Hall–Kier alpha value is -0.160. The molecular formula is C9H7BrClFO2. The van der Waals surface area contributed by atoms with E-state index in [2.05, 4.69) is 15.9 Å². The van der Waals surface area contributed by atoms with Gasteiger partial charge in [0.25, 0.3) is 0 Å². The maximum Gasteiger partial charge on any atom is 0.142 e. The van der Waals surface area contributed by atoms with Crippen LogP contribution in [-0.2, 0) is 10.3 Å². The summed E-state index contributed by atoms with van der Waals surface area (Å²) in [5, 5.41) is 9.94. The molecule has 2 nitrogen and oxygen atoms in total. The third kappa shape index (κ3) is 1.56. The van der Waals surface area contributed by atoms with E-state index in [-0.39, 0.29) is 18.2 Å².